The molecule has 2 heterocycles. The van der Waals surface area contributed by atoms with Gasteiger partial charge in [0.15, 0.2) is 5.78 Å². The Balaban J connectivity index is 1.36. The van der Waals surface area contributed by atoms with Crippen molar-refractivity contribution in [3.8, 4) is 0 Å². The Morgan fingerprint density at radius 1 is 1.11 bits per heavy atom. The van der Waals surface area contributed by atoms with Crippen molar-refractivity contribution in [1.82, 2.24) is 9.88 Å². The number of nitrogens with zero attached hydrogens (tertiary/aromatic N) is 2. The highest BCUT2D eigenvalue weighted by Gasteiger charge is 2.27. The van der Waals surface area contributed by atoms with Gasteiger partial charge >= 0.3 is 0 Å². The van der Waals surface area contributed by atoms with Gasteiger partial charge in [-0.05, 0) is 31.9 Å². The van der Waals surface area contributed by atoms with Crippen LogP contribution in [0.5, 0.6) is 0 Å². The van der Waals surface area contributed by atoms with E-state index in [9.17, 15) is 9.59 Å². The summed E-state index contributed by atoms with van der Waals surface area (Å²) in [4.78, 5) is 31.7. The molecule has 5 heteroatoms. The SMILES string of the molecule is Cc1ccc(C(=O)CCC(=O)N2CCC[C@@H](c3nc4ccccc4s3)C2)cc1. The summed E-state index contributed by atoms with van der Waals surface area (Å²) in [5, 5.41) is 1.12. The average molecular weight is 393 g/mol. The molecule has 1 aromatic heterocycles. The molecule has 4 rings (SSSR count). The van der Waals surface area contributed by atoms with E-state index >= 15 is 0 Å². The van der Waals surface area contributed by atoms with Crippen molar-refractivity contribution in [2.75, 3.05) is 13.1 Å². The van der Waals surface area contributed by atoms with Gasteiger partial charge in [-0.1, -0.05) is 42.0 Å². The monoisotopic (exact) mass is 392 g/mol. The number of fused-ring (bicyclic) bond motifs is 1. The number of para-hydroxylation sites is 1. The fourth-order valence-corrected chi connectivity index (χ4v) is 4.83. The average Bonchev–Trinajstić information content (AvgIpc) is 3.17. The van der Waals surface area contributed by atoms with E-state index in [1.807, 2.05) is 54.3 Å². The minimum atomic E-state index is 0.0353. The summed E-state index contributed by atoms with van der Waals surface area (Å²) in [5.41, 5.74) is 2.85. The van der Waals surface area contributed by atoms with Crippen molar-refractivity contribution in [2.24, 2.45) is 0 Å². The van der Waals surface area contributed by atoms with Gasteiger partial charge in [0.2, 0.25) is 5.91 Å². The molecule has 2 aromatic carbocycles. The topological polar surface area (TPSA) is 50.3 Å². The van der Waals surface area contributed by atoms with Gasteiger partial charge in [-0.2, -0.15) is 0 Å². The van der Waals surface area contributed by atoms with Crippen LogP contribution >= 0.6 is 11.3 Å². The molecule has 0 saturated carbocycles. The zero-order valence-electron chi connectivity index (χ0n) is 16.1. The van der Waals surface area contributed by atoms with Gasteiger partial charge in [-0.15, -0.1) is 11.3 Å². The highest BCUT2D eigenvalue weighted by atomic mass is 32.1. The number of ketones is 1. The summed E-state index contributed by atoms with van der Waals surface area (Å²) >= 11 is 1.73. The molecule has 0 unspecified atom stereocenters. The number of amides is 1. The molecule has 28 heavy (non-hydrogen) atoms. The fraction of sp³-hybridized carbons (Fsp3) is 0.348. The van der Waals surface area contributed by atoms with E-state index in [0.29, 0.717) is 18.0 Å². The largest absolute Gasteiger partial charge is 0.342 e. The molecule has 0 spiro atoms. The normalized spacial score (nSPS) is 17.0. The van der Waals surface area contributed by atoms with Crippen molar-refractivity contribution < 1.29 is 9.59 Å². The Labute approximate surface area is 169 Å². The first-order chi connectivity index (χ1) is 13.6. The molecule has 0 bridgehead atoms. The second-order valence-electron chi connectivity index (χ2n) is 7.49. The van der Waals surface area contributed by atoms with E-state index in [0.717, 1.165) is 35.5 Å². The Bertz CT molecular complexity index is 960. The Kier molecular flexibility index (Phi) is 5.53. The summed E-state index contributed by atoms with van der Waals surface area (Å²) in [6.07, 6.45) is 2.59. The van der Waals surface area contributed by atoms with Crippen LogP contribution < -0.4 is 0 Å². The Hall–Kier alpha value is -2.53. The predicted octanol–water partition coefficient (Wildman–Crippen LogP) is 4.97. The standard InChI is InChI=1S/C23H24N2O2S/c1-16-8-10-17(11-9-16)20(26)12-13-22(27)25-14-4-5-18(15-25)23-24-19-6-2-3-7-21(19)28-23/h2-3,6-11,18H,4-5,12-15H2,1H3/t18-/m1/s1. The number of benzene rings is 2. The summed E-state index contributed by atoms with van der Waals surface area (Å²) in [6.45, 7) is 3.48. The first kappa shape index (κ1) is 18.8. The zero-order chi connectivity index (χ0) is 19.5. The van der Waals surface area contributed by atoms with Gasteiger partial charge < -0.3 is 4.90 Å². The number of piperidine rings is 1. The third kappa shape index (κ3) is 4.14. The van der Waals surface area contributed by atoms with Crippen molar-refractivity contribution in [3.05, 3.63) is 64.7 Å². The molecule has 1 atom stereocenters. The zero-order valence-corrected chi connectivity index (χ0v) is 16.9. The number of hydrogen-bond donors (Lipinski definition) is 0. The highest BCUT2D eigenvalue weighted by molar-refractivity contribution is 7.18. The lowest BCUT2D eigenvalue weighted by molar-refractivity contribution is -0.132. The number of carbonyl (C=O) groups excluding carboxylic acids is 2. The smallest absolute Gasteiger partial charge is 0.223 e. The van der Waals surface area contributed by atoms with Crippen LogP contribution in [0.1, 0.15) is 52.5 Å². The van der Waals surface area contributed by atoms with Crippen molar-refractivity contribution >= 4 is 33.2 Å². The summed E-state index contributed by atoms with van der Waals surface area (Å²) < 4.78 is 1.20. The first-order valence-electron chi connectivity index (χ1n) is 9.83. The minimum Gasteiger partial charge on any atom is -0.342 e. The molecule has 0 radical (unpaired) electrons. The first-order valence-corrected chi connectivity index (χ1v) is 10.6. The lowest BCUT2D eigenvalue weighted by atomic mass is 9.98. The number of aryl methyl sites for hydroxylation is 1. The van der Waals surface area contributed by atoms with Crippen LogP contribution in [0.3, 0.4) is 0 Å². The molecular weight excluding hydrogens is 368 g/mol. The van der Waals surface area contributed by atoms with Gasteiger partial charge in [-0.25, -0.2) is 4.98 Å². The van der Waals surface area contributed by atoms with Gasteiger partial charge in [0.1, 0.15) is 0 Å². The summed E-state index contributed by atoms with van der Waals surface area (Å²) in [6, 6.07) is 15.7. The summed E-state index contributed by atoms with van der Waals surface area (Å²) in [5.74, 6) is 0.405. The molecule has 4 nitrogen and oxygen atoms in total. The van der Waals surface area contributed by atoms with Crippen LogP contribution in [0.15, 0.2) is 48.5 Å². The van der Waals surface area contributed by atoms with E-state index in [2.05, 4.69) is 6.07 Å². The van der Waals surface area contributed by atoms with Gasteiger partial charge in [0.05, 0.1) is 15.2 Å². The van der Waals surface area contributed by atoms with Crippen LogP contribution in [0.2, 0.25) is 0 Å². The second-order valence-corrected chi connectivity index (χ2v) is 8.55. The molecule has 1 aliphatic rings. The number of hydrogen-bond acceptors (Lipinski definition) is 4. The number of carbonyl (C=O) groups is 2. The van der Waals surface area contributed by atoms with E-state index in [4.69, 9.17) is 4.98 Å². The van der Waals surface area contributed by atoms with Crippen LogP contribution in [0.25, 0.3) is 10.2 Å². The van der Waals surface area contributed by atoms with Crippen molar-refractivity contribution in [3.63, 3.8) is 0 Å². The van der Waals surface area contributed by atoms with E-state index in [1.54, 1.807) is 11.3 Å². The molecule has 1 aliphatic heterocycles. The highest BCUT2D eigenvalue weighted by Crippen LogP contribution is 2.33. The number of rotatable bonds is 5. The molecule has 1 amide bonds. The molecular formula is C23H24N2O2S. The molecule has 1 fully saturated rings. The Morgan fingerprint density at radius 3 is 2.68 bits per heavy atom. The van der Waals surface area contributed by atoms with E-state index in [-0.39, 0.29) is 24.5 Å². The lowest BCUT2D eigenvalue weighted by Crippen LogP contribution is -2.39. The number of aromatic nitrogens is 1. The molecule has 0 aliphatic carbocycles. The van der Waals surface area contributed by atoms with Crippen LogP contribution in [0.4, 0.5) is 0 Å². The molecule has 3 aromatic rings. The lowest BCUT2D eigenvalue weighted by Gasteiger charge is -2.31. The number of thiazole rings is 1. The third-order valence-corrected chi connectivity index (χ3v) is 6.57. The second kappa shape index (κ2) is 8.23. The number of Topliss-reactive ketones (excluding diaryl/α,β-unsaturated/α-hetero) is 1. The predicted molar refractivity (Wildman–Crippen MR) is 113 cm³/mol. The van der Waals surface area contributed by atoms with Crippen LogP contribution in [-0.4, -0.2) is 34.7 Å². The summed E-state index contributed by atoms with van der Waals surface area (Å²) in [7, 11) is 0. The fourth-order valence-electron chi connectivity index (χ4n) is 3.73. The van der Waals surface area contributed by atoms with Gasteiger partial charge in [0, 0.05) is 37.4 Å². The van der Waals surface area contributed by atoms with Gasteiger partial charge in [-0.3, -0.25) is 9.59 Å². The van der Waals surface area contributed by atoms with Crippen molar-refractivity contribution in [1.29, 1.82) is 0 Å². The quantitative estimate of drug-likeness (QED) is 0.576. The molecule has 144 valence electrons. The third-order valence-electron chi connectivity index (χ3n) is 5.37. The maximum Gasteiger partial charge on any atom is 0.223 e. The van der Waals surface area contributed by atoms with E-state index < -0.39 is 0 Å². The van der Waals surface area contributed by atoms with Crippen molar-refractivity contribution in [2.45, 2.75) is 38.5 Å². The van der Waals surface area contributed by atoms with Gasteiger partial charge in [0.25, 0.3) is 0 Å². The maximum absolute atomic E-state index is 12.7. The Morgan fingerprint density at radius 2 is 1.89 bits per heavy atom. The molecule has 1 saturated heterocycles. The van der Waals surface area contributed by atoms with Crippen LogP contribution in [-0.2, 0) is 4.79 Å². The number of likely N-dealkylation sites (tertiary alicyclic amines) is 1. The molecule has 0 N–H and O–H groups in total. The van der Waals surface area contributed by atoms with E-state index in [1.165, 1.54) is 4.70 Å². The minimum absolute atomic E-state index is 0.0353. The van der Waals surface area contributed by atoms with Crippen LogP contribution in [0, 0.1) is 6.92 Å². The maximum atomic E-state index is 12.7.